The van der Waals surface area contributed by atoms with Gasteiger partial charge in [0.25, 0.3) is 0 Å². The quantitative estimate of drug-likeness (QED) is 0.859. The van der Waals surface area contributed by atoms with Gasteiger partial charge in [-0.25, -0.2) is 0 Å². The number of hydrogen-bond donors (Lipinski definition) is 1. The van der Waals surface area contributed by atoms with E-state index in [1.807, 2.05) is 24.0 Å². The van der Waals surface area contributed by atoms with Gasteiger partial charge in [0, 0.05) is 25.0 Å². The fourth-order valence-corrected chi connectivity index (χ4v) is 4.15. The lowest BCUT2D eigenvalue weighted by molar-refractivity contribution is 0.462. The number of anilines is 1. The van der Waals surface area contributed by atoms with Crippen LogP contribution in [0.2, 0.25) is 0 Å². The Balaban J connectivity index is 1.51. The highest BCUT2D eigenvalue weighted by Crippen LogP contribution is 2.29. The molecule has 0 saturated heterocycles. The van der Waals surface area contributed by atoms with Gasteiger partial charge in [-0.3, -0.25) is 4.68 Å². The molecule has 0 aliphatic heterocycles. The second-order valence-corrected chi connectivity index (χ2v) is 7.32. The Labute approximate surface area is 127 Å². The molecular weight excluding hydrogens is 290 g/mol. The Hall–Kier alpha value is -1.08. The molecular formula is C13H19N5S2. The molecule has 2 heterocycles. The standard InChI is InChI=1S/C13H19N5S2/c1-18-8-7-11(17-18)9-19-13-16-15-12(20-13)14-10-5-3-2-4-6-10/h7-8,10H,2-6,9H2,1H3,(H,14,15). The largest absolute Gasteiger partial charge is 0.357 e. The van der Waals surface area contributed by atoms with Crippen LogP contribution < -0.4 is 5.32 Å². The van der Waals surface area contributed by atoms with E-state index in [4.69, 9.17) is 0 Å². The van der Waals surface area contributed by atoms with Crippen LogP contribution in [0.25, 0.3) is 0 Å². The zero-order valence-corrected chi connectivity index (χ0v) is 13.2. The summed E-state index contributed by atoms with van der Waals surface area (Å²) in [5.74, 6) is 0.846. The predicted octanol–water partition coefficient (Wildman–Crippen LogP) is 3.31. The van der Waals surface area contributed by atoms with E-state index in [2.05, 4.69) is 20.6 Å². The van der Waals surface area contributed by atoms with Crippen LogP contribution in [0, 0.1) is 0 Å². The molecule has 3 rings (SSSR count). The first-order chi connectivity index (χ1) is 9.79. The minimum absolute atomic E-state index is 0.588. The van der Waals surface area contributed by atoms with E-state index in [1.165, 1.54) is 32.1 Å². The maximum Gasteiger partial charge on any atom is 0.206 e. The Morgan fingerprint density at radius 3 is 2.95 bits per heavy atom. The van der Waals surface area contributed by atoms with Gasteiger partial charge in [-0.05, 0) is 18.9 Å². The van der Waals surface area contributed by atoms with Crippen molar-refractivity contribution in [3.63, 3.8) is 0 Å². The van der Waals surface area contributed by atoms with Crippen molar-refractivity contribution in [3.8, 4) is 0 Å². The number of hydrogen-bond acceptors (Lipinski definition) is 6. The summed E-state index contributed by atoms with van der Waals surface area (Å²) < 4.78 is 2.83. The maximum atomic E-state index is 4.36. The Morgan fingerprint density at radius 1 is 1.35 bits per heavy atom. The van der Waals surface area contributed by atoms with Crippen molar-refractivity contribution in [2.45, 2.75) is 48.2 Å². The number of aromatic nitrogens is 4. The van der Waals surface area contributed by atoms with Crippen molar-refractivity contribution in [1.82, 2.24) is 20.0 Å². The number of nitrogens with zero attached hydrogens (tertiary/aromatic N) is 4. The molecule has 1 aliphatic rings. The molecule has 7 heteroatoms. The van der Waals surface area contributed by atoms with Crippen LogP contribution in [0.15, 0.2) is 16.6 Å². The van der Waals surface area contributed by atoms with Crippen LogP contribution in [0.1, 0.15) is 37.8 Å². The molecule has 2 aromatic rings. The Bertz CT molecular complexity index is 544. The van der Waals surface area contributed by atoms with Gasteiger partial charge >= 0.3 is 0 Å². The maximum absolute atomic E-state index is 4.36. The van der Waals surface area contributed by atoms with Crippen molar-refractivity contribution in [2.24, 2.45) is 7.05 Å². The number of nitrogens with one attached hydrogen (secondary N) is 1. The highest BCUT2D eigenvalue weighted by atomic mass is 32.2. The van der Waals surface area contributed by atoms with Gasteiger partial charge in [0.1, 0.15) is 0 Å². The van der Waals surface area contributed by atoms with Crippen molar-refractivity contribution < 1.29 is 0 Å². The van der Waals surface area contributed by atoms with E-state index in [0.29, 0.717) is 6.04 Å². The lowest BCUT2D eigenvalue weighted by atomic mass is 9.96. The summed E-state index contributed by atoms with van der Waals surface area (Å²) in [6.07, 6.45) is 8.52. The van der Waals surface area contributed by atoms with E-state index in [0.717, 1.165) is 20.9 Å². The molecule has 1 fully saturated rings. The molecule has 0 aromatic carbocycles. The van der Waals surface area contributed by atoms with Crippen LogP contribution in [0.5, 0.6) is 0 Å². The molecule has 0 spiro atoms. The molecule has 1 saturated carbocycles. The third-order valence-corrected chi connectivity index (χ3v) is 5.47. The zero-order valence-electron chi connectivity index (χ0n) is 11.6. The fraction of sp³-hybridized carbons (Fsp3) is 0.615. The fourth-order valence-electron chi connectivity index (χ4n) is 2.42. The molecule has 0 radical (unpaired) electrons. The summed E-state index contributed by atoms with van der Waals surface area (Å²) in [4.78, 5) is 0. The van der Waals surface area contributed by atoms with Crippen molar-refractivity contribution in [3.05, 3.63) is 18.0 Å². The monoisotopic (exact) mass is 309 g/mol. The van der Waals surface area contributed by atoms with Crippen molar-refractivity contribution in [1.29, 1.82) is 0 Å². The summed E-state index contributed by atoms with van der Waals surface area (Å²) in [7, 11) is 1.94. The highest BCUT2D eigenvalue weighted by molar-refractivity contribution is 8.00. The average molecular weight is 309 g/mol. The van der Waals surface area contributed by atoms with Crippen molar-refractivity contribution in [2.75, 3.05) is 5.32 Å². The van der Waals surface area contributed by atoms with E-state index < -0.39 is 0 Å². The predicted molar refractivity (Wildman–Crippen MR) is 83.2 cm³/mol. The summed E-state index contributed by atoms with van der Waals surface area (Å²) in [5.41, 5.74) is 1.08. The van der Waals surface area contributed by atoms with E-state index >= 15 is 0 Å². The van der Waals surface area contributed by atoms with Crippen LogP contribution in [-0.4, -0.2) is 26.0 Å². The molecule has 0 bridgehead atoms. The topological polar surface area (TPSA) is 55.6 Å². The summed E-state index contributed by atoms with van der Waals surface area (Å²) in [5, 5.41) is 17.3. The highest BCUT2D eigenvalue weighted by Gasteiger charge is 2.15. The molecule has 0 atom stereocenters. The molecule has 5 nitrogen and oxygen atoms in total. The van der Waals surface area contributed by atoms with E-state index in [-0.39, 0.29) is 0 Å². The van der Waals surface area contributed by atoms with Gasteiger partial charge in [-0.15, -0.1) is 10.2 Å². The number of rotatable bonds is 5. The van der Waals surface area contributed by atoms with Gasteiger partial charge in [0.15, 0.2) is 4.34 Å². The number of aryl methyl sites for hydroxylation is 1. The number of thioether (sulfide) groups is 1. The van der Waals surface area contributed by atoms with Gasteiger partial charge in [-0.1, -0.05) is 42.4 Å². The first-order valence-corrected chi connectivity index (χ1v) is 8.81. The minimum atomic E-state index is 0.588. The molecule has 2 aromatic heterocycles. The second kappa shape index (κ2) is 6.58. The Morgan fingerprint density at radius 2 is 2.20 bits per heavy atom. The summed E-state index contributed by atoms with van der Waals surface area (Å²) in [6, 6.07) is 2.63. The smallest absolute Gasteiger partial charge is 0.206 e. The normalized spacial score (nSPS) is 16.4. The van der Waals surface area contributed by atoms with E-state index in [1.54, 1.807) is 23.1 Å². The molecule has 1 N–H and O–H groups in total. The lowest BCUT2D eigenvalue weighted by Crippen LogP contribution is -2.21. The van der Waals surface area contributed by atoms with Crippen LogP contribution in [0.4, 0.5) is 5.13 Å². The third kappa shape index (κ3) is 3.73. The van der Waals surface area contributed by atoms with Crippen LogP contribution in [0.3, 0.4) is 0 Å². The minimum Gasteiger partial charge on any atom is -0.357 e. The molecule has 0 unspecified atom stereocenters. The Kier molecular flexibility index (Phi) is 4.57. The molecule has 108 valence electrons. The lowest BCUT2D eigenvalue weighted by Gasteiger charge is -2.21. The summed E-state index contributed by atoms with van der Waals surface area (Å²) >= 11 is 3.35. The molecule has 0 amide bonds. The zero-order chi connectivity index (χ0) is 13.8. The average Bonchev–Trinajstić information content (AvgIpc) is 3.07. The van der Waals surface area contributed by atoms with Gasteiger partial charge < -0.3 is 5.32 Å². The van der Waals surface area contributed by atoms with Gasteiger partial charge in [-0.2, -0.15) is 5.10 Å². The first kappa shape index (κ1) is 13.9. The second-order valence-electron chi connectivity index (χ2n) is 5.12. The van der Waals surface area contributed by atoms with Gasteiger partial charge in [0.05, 0.1) is 5.69 Å². The molecule has 1 aliphatic carbocycles. The first-order valence-electron chi connectivity index (χ1n) is 7.01. The summed E-state index contributed by atoms with van der Waals surface area (Å²) in [6.45, 7) is 0. The van der Waals surface area contributed by atoms with Crippen molar-refractivity contribution >= 4 is 28.2 Å². The van der Waals surface area contributed by atoms with Crippen LogP contribution in [-0.2, 0) is 12.8 Å². The van der Waals surface area contributed by atoms with E-state index in [9.17, 15) is 0 Å². The SMILES string of the molecule is Cn1ccc(CSc2nnc(NC3CCCCC3)s2)n1. The third-order valence-electron chi connectivity index (χ3n) is 3.45. The van der Waals surface area contributed by atoms with Crippen LogP contribution >= 0.6 is 23.1 Å². The molecule has 20 heavy (non-hydrogen) atoms. The van der Waals surface area contributed by atoms with Gasteiger partial charge in [0.2, 0.25) is 5.13 Å².